The number of methoxy groups -OCH3 is 1. The third-order valence-electron chi connectivity index (χ3n) is 3.55. The fourth-order valence-electron chi connectivity index (χ4n) is 2.20. The lowest BCUT2D eigenvalue weighted by Crippen LogP contribution is -2.26. The third kappa shape index (κ3) is 4.88. The molecular weight excluding hydrogens is 342 g/mol. The van der Waals surface area contributed by atoms with Crippen molar-refractivity contribution >= 4 is 21.8 Å². The monoisotopic (exact) mass is 361 g/mol. The number of carbonyl (C=O) groups excluding carboxylic acids is 1. The molecule has 1 unspecified atom stereocenters. The molecule has 0 saturated carbocycles. The summed E-state index contributed by atoms with van der Waals surface area (Å²) in [6.07, 6.45) is 1.20. The molecule has 116 valence electrons. The summed E-state index contributed by atoms with van der Waals surface area (Å²) in [5, 5.41) is 3.03. The van der Waals surface area contributed by atoms with Crippen molar-refractivity contribution in [1.82, 2.24) is 5.32 Å². The van der Waals surface area contributed by atoms with E-state index in [1.807, 2.05) is 55.5 Å². The summed E-state index contributed by atoms with van der Waals surface area (Å²) >= 11 is 3.41. The van der Waals surface area contributed by atoms with E-state index in [9.17, 15) is 4.79 Å². The van der Waals surface area contributed by atoms with Crippen molar-refractivity contribution in [2.75, 3.05) is 7.11 Å². The average molecular weight is 362 g/mol. The molecule has 0 spiro atoms. The molecule has 1 N–H and O–H groups in total. The Balaban J connectivity index is 1.83. The van der Waals surface area contributed by atoms with E-state index in [0.29, 0.717) is 6.42 Å². The second kappa shape index (κ2) is 7.99. The zero-order valence-electron chi connectivity index (χ0n) is 12.8. The van der Waals surface area contributed by atoms with Crippen LogP contribution in [0.3, 0.4) is 0 Å². The summed E-state index contributed by atoms with van der Waals surface area (Å²) in [6, 6.07) is 15.8. The molecule has 2 aromatic carbocycles. The molecule has 0 aliphatic heterocycles. The molecule has 0 aromatic heterocycles. The van der Waals surface area contributed by atoms with Crippen molar-refractivity contribution in [1.29, 1.82) is 0 Å². The Kier molecular flexibility index (Phi) is 6.01. The Labute approximate surface area is 139 Å². The molecule has 0 radical (unpaired) electrons. The van der Waals surface area contributed by atoms with E-state index in [0.717, 1.165) is 27.8 Å². The summed E-state index contributed by atoms with van der Waals surface area (Å²) in [4.78, 5) is 12.0. The van der Waals surface area contributed by atoms with Gasteiger partial charge in [-0.1, -0.05) is 40.2 Å². The lowest BCUT2D eigenvalue weighted by molar-refractivity contribution is -0.121. The van der Waals surface area contributed by atoms with Crippen LogP contribution in [0.4, 0.5) is 0 Å². The average Bonchev–Trinajstić information content (AvgIpc) is 2.54. The topological polar surface area (TPSA) is 38.3 Å². The zero-order valence-corrected chi connectivity index (χ0v) is 14.4. The van der Waals surface area contributed by atoms with Gasteiger partial charge in [0.25, 0.3) is 0 Å². The maximum atomic E-state index is 12.0. The Morgan fingerprint density at radius 2 is 1.77 bits per heavy atom. The number of aryl methyl sites for hydroxylation is 1. The maximum Gasteiger partial charge on any atom is 0.220 e. The highest BCUT2D eigenvalue weighted by molar-refractivity contribution is 9.10. The number of amides is 1. The van der Waals surface area contributed by atoms with E-state index in [-0.39, 0.29) is 11.9 Å². The maximum absolute atomic E-state index is 12.0. The summed E-state index contributed by atoms with van der Waals surface area (Å²) in [5.74, 6) is 0.892. The summed E-state index contributed by atoms with van der Waals surface area (Å²) in [7, 11) is 1.64. The normalized spacial score (nSPS) is 11.8. The third-order valence-corrected chi connectivity index (χ3v) is 4.08. The van der Waals surface area contributed by atoms with Crippen molar-refractivity contribution < 1.29 is 9.53 Å². The molecule has 2 rings (SSSR count). The fraction of sp³-hybridized carbons (Fsp3) is 0.278. The standard InChI is InChI=1S/C18H20BrNO2/c1-13(15-6-8-16(19)9-7-15)20-18(21)12-5-14-3-10-17(22-2)11-4-14/h3-4,6-11,13H,5,12H2,1-2H3,(H,20,21). The minimum atomic E-state index is 0.0106. The highest BCUT2D eigenvalue weighted by Crippen LogP contribution is 2.17. The molecular formula is C18H20BrNO2. The van der Waals surface area contributed by atoms with Crippen LogP contribution in [0.5, 0.6) is 5.75 Å². The lowest BCUT2D eigenvalue weighted by Gasteiger charge is -2.14. The molecule has 3 nitrogen and oxygen atoms in total. The van der Waals surface area contributed by atoms with E-state index in [2.05, 4.69) is 21.2 Å². The number of nitrogens with one attached hydrogen (secondary N) is 1. The first-order valence-corrected chi connectivity index (χ1v) is 8.05. The van der Waals surface area contributed by atoms with Gasteiger partial charge in [0.15, 0.2) is 0 Å². The Bertz CT molecular complexity index is 608. The van der Waals surface area contributed by atoms with Crippen LogP contribution in [-0.2, 0) is 11.2 Å². The largest absolute Gasteiger partial charge is 0.497 e. The van der Waals surface area contributed by atoms with Crippen LogP contribution in [0.2, 0.25) is 0 Å². The van der Waals surface area contributed by atoms with Crippen LogP contribution in [0.25, 0.3) is 0 Å². The van der Waals surface area contributed by atoms with E-state index < -0.39 is 0 Å². The molecule has 0 aliphatic rings. The number of ether oxygens (including phenoxy) is 1. The van der Waals surface area contributed by atoms with Gasteiger partial charge in [0.1, 0.15) is 5.75 Å². The van der Waals surface area contributed by atoms with Crippen LogP contribution in [0.15, 0.2) is 53.0 Å². The van der Waals surface area contributed by atoms with Crippen LogP contribution in [0.1, 0.15) is 30.5 Å². The highest BCUT2D eigenvalue weighted by atomic mass is 79.9. The van der Waals surface area contributed by atoms with E-state index in [1.165, 1.54) is 0 Å². The minimum Gasteiger partial charge on any atom is -0.497 e. The molecule has 1 atom stereocenters. The first-order valence-electron chi connectivity index (χ1n) is 7.26. The minimum absolute atomic E-state index is 0.0106. The van der Waals surface area contributed by atoms with Gasteiger partial charge in [-0.15, -0.1) is 0 Å². The summed E-state index contributed by atoms with van der Waals surface area (Å²) in [6.45, 7) is 1.99. The van der Waals surface area contributed by atoms with E-state index >= 15 is 0 Å². The lowest BCUT2D eigenvalue weighted by atomic mass is 10.1. The number of hydrogen-bond donors (Lipinski definition) is 1. The first kappa shape index (κ1) is 16.6. The van der Waals surface area contributed by atoms with Gasteiger partial charge < -0.3 is 10.1 Å². The number of carbonyl (C=O) groups is 1. The van der Waals surface area contributed by atoms with Crippen molar-refractivity contribution in [3.63, 3.8) is 0 Å². The van der Waals surface area contributed by atoms with Crippen molar-refractivity contribution in [2.24, 2.45) is 0 Å². The molecule has 1 amide bonds. The molecule has 0 fully saturated rings. The predicted molar refractivity (Wildman–Crippen MR) is 92.0 cm³/mol. The number of rotatable bonds is 6. The molecule has 0 saturated heterocycles. The predicted octanol–water partition coefficient (Wildman–Crippen LogP) is 4.27. The number of benzene rings is 2. The Hall–Kier alpha value is -1.81. The molecule has 0 bridgehead atoms. The molecule has 0 aliphatic carbocycles. The van der Waals surface area contributed by atoms with Crippen LogP contribution in [-0.4, -0.2) is 13.0 Å². The summed E-state index contributed by atoms with van der Waals surface area (Å²) < 4.78 is 6.16. The Morgan fingerprint density at radius 1 is 1.14 bits per heavy atom. The van der Waals surface area contributed by atoms with Gasteiger partial charge in [-0.2, -0.15) is 0 Å². The number of hydrogen-bond acceptors (Lipinski definition) is 2. The quantitative estimate of drug-likeness (QED) is 0.834. The van der Waals surface area contributed by atoms with Crippen LogP contribution >= 0.6 is 15.9 Å². The van der Waals surface area contributed by atoms with Gasteiger partial charge >= 0.3 is 0 Å². The number of halogens is 1. The SMILES string of the molecule is COc1ccc(CCC(=O)NC(C)c2ccc(Br)cc2)cc1. The van der Waals surface area contributed by atoms with Crippen molar-refractivity contribution in [2.45, 2.75) is 25.8 Å². The second-order valence-electron chi connectivity index (χ2n) is 5.19. The van der Waals surface area contributed by atoms with E-state index in [1.54, 1.807) is 7.11 Å². The molecule has 4 heteroatoms. The van der Waals surface area contributed by atoms with Crippen molar-refractivity contribution in [3.05, 3.63) is 64.1 Å². The van der Waals surface area contributed by atoms with Gasteiger partial charge in [0, 0.05) is 10.9 Å². The first-order chi connectivity index (χ1) is 10.6. The van der Waals surface area contributed by atoms with Gasteiger partial charge in [0.05, 0.1) is 13.2 Å². The van der Waals surface area contributed by atoms with Crippen LogP contribution < -0.4 is 10.1 Å². The van der Waals surface area contributed by atoms with Gasteiger partial charge in [-0.3, -0.25) is 4.79 Å². The smallest absolute Gasteiger partial charge is 0.220 e. The van der Waals surface area contributed by atoms with Crippen molar-refractivity contribution in [3.8, 4) is 5.75 Å². The molecule has 22 heavy (non-hydrogen) atoms. The van der Waals surface area contributed by atoms with Crippen LogP contribution in [0, 0.1) is 0 Å². The van der Waals surface area contributed by atoms with Gasteiger partial charge in [-0.25, -0.2) is 0 Å². The molecule has 2 aromatic rings. The second-order valence-corrected chi connectivity index (χ2v) is 6.10. The van der Waals surface area contributed by atoms with Gasteiger partial charge in [-0.05, 0) is 48.7 Å². The van der Waals surface area contributed by atoms with Gasteiger partial charge in [0.2, 0.25) is 5.91 Å². The zero-order chi connectivity index (χ0) is 15.9. The highest BCUT2D eigenvalue weighted by Gasteiger charge is 2.09. The fourth-order valence-corrected chi connectivity index (χ4v) is 2.46. The van der Waals surface area contributed by atoms with E-state index in [4.69, 9.17) is 4.74 Å². The Morgan fingerprint density at radius 3 is 2.36 bits per heavy atom. The molecule has 0 heterocycles. The summed E-state index contributed by atoms with van der Waals surface area (Å²) in [5.41, 5.74) is 2.23.